The lowest BCUT2D eigenvalue weighted by molar-refractivity contribution is 0.602. The highest BCUT2D eigenvalue weighted by atomic mass is 35.5. The first kappa shape index (κ1) is 17.5. The molecule has 90 valence electrons. The van der Waals surface area contributed by atoms with Crippen molar-refractivity contribution in [2.75, 3.05) is 12.0 Å². The van der Waals surface area contributed by atoms with Gasteiger partial charge in [0, 0.05) is 11.9 Å². The lowest BCUT2D eigenvalue weighted by Gasteiger charge is -2.01. The van der Waals surface area contributed by atoms with Gasteiger partial charge < -0.3 is 5.73 Å². The molecule has 3 nitrogen and oxygen atoms in total. The maximum absolute atomic E-state index is 11.0. The molecule has 0 saturated heterocycles. The average molecular weight is 280 g/mol. The number of halogens is 1. The van der Waals surface area contributed by atoms with E-state index in [0.717, 1.165) is 6.26 Å². The van der Waals surface area contributed by atoms with Crippen LogP contribution in [0.2, 0.25) is 5.02 Å². The smallest absolute Gasteiger partial charge is 0.176 e. The molecule has 0 fully saturated rings. The fourth-order valence-corrected chi connectivity index (χ4v) is 2.16. The Labute approximate surface area is 107 Å². The Bertz CT molecular complexity index is 430. The number of hydrogen-bond donors (Lipinski definition) is 1. The van der Waals surface area contributed by atoms with Crippen molar-refractivity contribution >= 4 is 45.2 Å². The van der Waals surface area contributed by atoms with E-state index in [1.165, 1.54) is 18.2 Å². The van der Waals surface area contributed by atoms with Gasteiger partial charge in [0.05, 0.1) is 9.92 Å². The summed E-state index contributed by atoms with van der Waals surface area (Å²) in [4.78, 5) is 0.110. The second kappa shape index (κ2) is 8.27. The molecule has 1 rings (SSSR count). The van der Waals surface area contributed by atoms with Crippen LogP contribution in [0.1, 0.15) is 0 Å². The van der Waals surface area contributed by atoms with Crippen LogP contribution in [0.15, 0.2) is 36.3 Å². The average Bonchev–Trinajstić information content (AvgIpc) is 2.21. The fraction of sp³-hybridized carbons (Fsp3) is 0.100. The minimum atomic E-state index is -3.24. The minimum Gasteiger partial charge on any atom is -0.399 e. The Morgan fingerprint density at radius 2 is 1.75 bits per heavy atom. The number of nitrogen functional groups attached to an aromatic ring is 1. The van der Waals surface area contributed by atoms with Gasteiger partial charge in [-0.1, -0.05) is 23.8 Å². The summed E-state index contributed by atoms with van der Waals surface area (Å²) in [5.74, 6) is 2.83. The van der Waals surface area contributed by atoms with E-state index < -0.39 is 9.84 Å². The van der Waals surface area contributed by atoms with Crippen LogP contribution in [-0.4, -0.2) is 20.5 Å². The van der Waals surface area contributed by atoms with Gasteiger partial charge >= 0.3 is 0 Å². The highest BCUT2D eigenvalue weighted by Gasteiger charge is 2.11. The third-order valence-electron chi connectivity index (χ3n) is 1.36. The van der Waals surface area contributed by atoms with Crippen LogP contribution >= 0.6 is 23.8 Å². The van der Waals surface area contributed by atoms with Gasteiger partial charge in [-0.05, 0) is 24.1 Å². The topological polar surface area (TPSA) is 60.2 Å². The largest absolute Gasteiger partial charge is 0.399 e. The standard InChI is InChI=1S/C7H8ClNO2S.C2H4.CH2S/c1-12(10,11)7-3-2-5(9)4-6(7)8;2*1-2/h2-4H,9H2,1H3;1-2H2;1H2. The van der Waals surface area contributed by atoms with Crippen molar-refractivity contribution in [1.29, 1.82) is 0 Å². The molecule has 0 aliphatic rings. The Morgan fingerprint density at radius 1 is 1.31 bits per heavy atom. The molecular weight excluding hydrogens is 266 g/mol. The second-order valence-corrected chi connectivity index (χ2v) is 4.85. The summed E-state index contributed by atoms with van der Waals surface area (Å²) in [6, 6.07) is 4.31. The lowest BCUT2D eigenvalue weighted by Crippen LogP contribution is -1.98. The van der Waals surface area contributed by atoms with E-state index in [1.54, 1.807) is 0 Å². The summed E-state index contributed by atoms with van der Waals surface area (Å²) in [7, 11) is -3.24. The summed E-state index contributed by atoms with van der Waals surface area (Å²) >= 11 is 9.49. The first-order chi connectivity index (χ1) is 7.41. The monoisotopic (exact) mass is 279 g/mol. The SMILES string of the molecule is C=C.C=S.CS(=O)(=O)c1ccc(N)cc1Cl. The molecule has 0 aliphatic heterocycles. The fourth-order valence-electron chi connectivity index (χ4n) is 0.818. The van der Waals surface area contributed by atoms with Gasteiger partial charge in [0.15, 0.2) is 9.84 Å². The van der Waals surface area contributed by atoms with Crippen LogP contribution in [0, 0.1) is 0 Å². The molecule has 0 bridgehead atoms. The third-order valence-corrected chi connectivity index (χ3v) is 2.94. The number of benzene rings is 1. The van der Waals surface area contributed by atoms with Crippen molar-refractivity contribution in [3.8, 4) is 0 Å². The first-order valence-electron chi connectivity index (χ1n) is 3.95. The summed E-state index contributed by atoms with van der Waals surface area (Å²) in [5, 5.41) is 0.164. The molecule has 0 unspecified atom stereocenters. The third kappa shape index (κ3) is 5.85. The van der Waals surface area contributed by atoms with Crippen LogP contribution in [0.25, 0.3) is 0 Å². The molecule has 0 spiro atoms. The van der Waals surface area contributed by atoms with Crippen LogP contribution in [0.5, 0.6) is 0 Å². The molecular formula is C10H14ClNO2S2. The summed E-state index contributed by atoms with van der Waals surface area (Å²) < 4.78 is 22.1. The molecule has 0 saturated carbocycles. The van der Waals surface area contributed by atoms with Crippen molar-refractivity contribution in [1.82, 2.24) is 0 Å². The molecule has 0 aromatic heterocycles. The van der Waals surface area contributed by atoms with E-state index >= 15 is 0 Å². The number of nitrogens with two attached hydrogens (primary N) is 1. The van der Waals surface area contributed by atoms with Gasteiger partial charge in [-0.3, -0.25) is 0 Å². The van der Waals surface area contributed by atoms with Crippen molar-refractivity contribution in [2.45, 2.75) is 4.90 Å². The molecule has 0 atom stereocenters. The first-order valence-corrected chi connectivity index (χ1v) is 6.80. The Kier molecular flexibility index (Phi) is 9.03. The Hall–Kier alpha value is -0.910. The molecule has 16 heavy (non-hydrogen) atoms. The van der Waals surface area contributed by atoms with Crippen LogP contribution in [0.3, 0.4) is 0 Å². The normalized spacial score (nSPS) is 9.12. The Balaban J connectivity index is 0. The maximum atomic E-state index is 11.0. The molecule has 2 N–H and O–H groups in total. The van der Waals surface area contributed by atoms with Gasteiger partial charge in [-0.25, -0.2) is 8.42 Å². The number of hydrogen-bond acceptors (Lipinski definition) is 4. The predicted octanol–water partition coefficient (Wildman–Crippen LogP) is 2.74. The molecule has 6 heteroatoms. The van der Waals surface area contributed by atoms with Crippen molar-refractivity contribution in [2.24, 2.45) is 0 Å². The zero-order valence-electron chi connectivity index (χ0n) is 8.94. The van der Waals surface area contributed by atoms with E-state index in [2.05, 4.69) is 31.2 Å². The molecule has 0 aliphatic carbocycles. The zero-order valence-corrected chi connectivity index (χ0v) is 11.3. The van der Waals surface area contributed by atoms with Crippen molar-refractivity contribution < 1.29 is 8.42 Å². The number of rotatable bonds is 1. The quantitative estimate of drug-likeness (QED) is 0.488. The van der Waals surface area contributed by atoms with Gasteiger partial charge in [0.1, 0.15) is 0 Å². The highest BCUT2D eigenvalue weighted by Crippen LogP contribution is 2.23. The van der Waals surface area contributed by atoms with Gasteiger partial charge in [0.2, 0.25) is 0 Å². The molecule has 0 amide bonds. The van der Waals surface area contributed by atoms with Gasteiger partial charge in [0.25, 0.3) is 0 Å². The van der Waals surface area contributed by atoms with E-state index in [9.17, 15) is 8.42 Å². The predicted molar refractivity (Wildman–Crippen MR) is 74.9 cm³/mol. The summed E-state index contributed by atoms with van der Waals surface area (Å²) in [5.41, 5.74) is 5.84. The summed E-state index contributed by atoms with van der Waals surface area (Å²) in [6.07, 6.45) is 1.10. The second-order valence-electron chi connectivity index (χ2n) is 2.46. The number of sulfone groups is 1. The van der Waals surface area contributed by atoms with Crippen molar-refractivity contribution in [3.63, 3.8) is 0 Å². The summed E-state index contributed by atoms with van der Waals surface area (Å²) in [6.45, 7) is 6.00. The zero-order chi connectivity index (χ0) is 13.4. The lowest BCUT2D eigenvalue weighted by atomic mass is 10.3. The van der Waals surface area contributed by atoms with Crippen LogP contribution in [-0.2, 0) is 9.84 Å². The molecule has 1 aromatic rings. The minimum absolute atomic E-state index is 0.110. The van der Waals surface area contributed by atoms with E-state index in [1.807, 2.05) is 0 Å². The van der Waals surface area contributed by atoms with Gasteiger partial charge in [-0.2, -0.15) is 0 Å². The molecule has 0 heterocycles. The highest BCUT2D eigenvalue weighted by molar-refractivity contribution is 7.90. The van der Waals surface area contributed by atoms with Gasteiger partial charge in [-0.15, -0.1) is 13.2 Å². The molecule has 1 aromatic carbocycles. The van der Waals surface area contributed by atoms with E-state index in [0.29, 0.717) is 5.69 Å². The Morgan fingerprint density at radius 3 is 2.06 bits per heavy atom. The number of anilines is 1. The number of thiocarbonyl (C=S) groups is 1. The van der Waals surface area contributed by atoms with Crippen molar-refractivity contribution in [3.05, 3.63) is 36.4 Å². The molecule has 0 radical (unpaired) electrons. The van der Waals surface area contributed by atoms with E-state index in [-0.39, 0.29) is 9.92 Å². The van der Waals surface area contributed by atoms with Crippen LogP contribution in [0.4, 0.5) is 5.69 Å². The maximum Gasteiger partial charge on any atom is 0.176 e. The van der Waals surface area contributed by atoms with E-state index in [4.69, 9.17) is 17.3 Å². The van der Waals surface area contributed by atoms with Crippen LogP contribution < -0.4 is 5.73 Å².